The van der Waals surface area contributed by atoms with E-state index < -0.39 is 11.7 Å². The minimum Gasteiger partial charge on any atom is -0.444 e. The van der Waals surface area contributed by atoms with Crippen molar-refractivity contribution in [3.8, 4) is 0 Å². The number of rotatable bonds is 3. The number of imide groups is 1. The first kappa shape index (κ1) is 12.9. The summed E-state index contributed by atoms with van der Waals surface area (Å²) in [6.07, 6.45) is 1.42. The minimum atomic E-state index is -0.668. The molecular weight excluding hydrogens is 182 g/mol. The van der Waals surface area contributed by atoms with E-state index in [1.54, 1.807) is 20.8 Å². The van der Waals surface area contributed by atoms with Crippen molar-refractivity contribution in [2.45, 2.75) is 52.6 Å². The number of ether oxygens (including phenoxy) is 1. The summed E-state index contributed by atoms with van der Waals surface area (Å²) < 4.78 is 4.92. The quantitative estimate of drug-likeness (QED) is 0.761. The summed E-state index contributed by atoms with van der Waals surface area (Å²) in [5.41, 5.74) is -0.560. The van der Waals surface area contributed by atoms with E-state index in [1.807, 2.05) is 6.92 Å². The summed E-state index contributed by atoms with van der Waals surface area (Å²) in [7, 11) is 0. The molecule has 0 spiro atoms. The first-order valence-corrected chi connectivity index (χ1v) is 4.88. The second-order valence-corrected chi connectivity index (χ2v) is 4.15. The van der Waals surface area contributed by atoms with Crippen molar-refractivity contribution < 1.29 is 14.3 Å². The number of alkyl carbamates (subject to hydrolysis) is 1. The molecule has 0 fully saturated rings. The fraction of sp³-hybridized carbons (Fsp3) is 0.800. The van der Waals surface area contributed by atoms with Gasteiger partial charge in [0.25, 0.3) is 0 Å². The molecule has 14 heavy (non-hydrogen) atoms. The zero-order chi connectivity index (χ0) is 11.2. The fourth-order valence-corrected chi connectivity index (χ4v) is 0.817. The lowest BCUT2D eigenvalue weighted by molar-refractivity contribution is -0.120. The molecule has 4 heteroatoms. The van der Waals surface area contributed by atoms with E-state index in [-0.39, 0.29) is 5.91 Å². The summed E-state index contributed by atoms with van der Waals surface area (Å²) in [6, 6.07) is 0. The Kier molecular flexibility index (Phi) is 5.20. The minimum absolute atomic E-state index is 0.277. The molecule has 2 amide bonds. The van der Waals surface area contributed by atoms with Crippen molar-refractivity contribution in [3.63, 3.8) is 0 Å². The van der Waals surface area contributed by atoms with Crippen LogP contribution < -0.4 is 5.32 Å². The molecule has 1 N–H and O–H groups in total. The molecule has 0 aromatic heterocycles. The van der Waals surface area contributed by atoms with E-state index in [9.17, 15) is 9.59 Å². The van der Waals surface area contributed by atoms with E-state index in [1.165, 1.54) is 0 Å². The Morgan fingerprint density at radius 3 is 2.29 bits per heavy atom. The average molecular weight is 201 g/mol. The molecule has 0 heterocycles. The molecule has 0 rings (SSSR count). The van der Waals surface area contributed by atoms with E-state index in [0.29, 0.717) is 6.42 Å². The highest BCUT2D eigenvalue weighted by molar-refractivity contribution is 5.91. The molecule has 0 aliphatic heterocycles. The van der Waals surface area contributed by atoms with Crippen LogP contribution in [0.2, 0.25) is 0 Å². The van der Waals surface area contributed by atoms with Crippen molar-refractivity contribution in [1.82, 2.24) is 5.32 Å². The van der Waals surface area contributed by atoms with Crippen LogP contribution in [-0.2, 0) is 9.53 Å². The number of hydrogen-bond acceptors (Lipinski definition) is 3. The third-order valence-electron chi connectivity index (χ3n) is 1.40. The van der Waals surface area contributed by atoms with E-state index in [2.05, 4.69) is 5.32 Å². The topological polar surface area (TPSA) is 55.4 Å². The summed E-state index contributed by atoms with van der Waals surface area (Å²) >= 11 is 0. The molecule has 4 nitrogen and oxygen atoms in total. The second kappa shape index (κ2) is 5.62. The largest absolute Gasteiger partial charge is 0.444 e. The number of carbonyl (C=O) groups excluding carboxylic acids is 2. The van der Waals surface area contributed by atoms with Crippen LogP contribution in [0.3, 0.4) is 0 Å². The molecule has 0 unspecified atom stereocenters. The highest BCUT2D eigenvalue weighted by Crippen LogP contribution is 2.06. The average Bonchev–Trinajstić information content (AvgIpc) is 1.96. The Balaban J connectivity index is 3.78. The number of carbonyl (C=O) groups is 2. The zero-order valence-electron chi connectivity index (χ0n) is 9.35. The maximum absolute atomic E-state index is 11.1. The Labute approximate surface area is 85.0 Å². The van der Waals surface area contributed by atoms with Gasteiger partial charge in [-0.3, -0.25) is 10.1 Å². The van der Waals surface area contributed by atoms with Crippen LogP contribution in [0.25, 0.3) is 0 Å². The van der Waals surface area contributed by atoms with Crippen molar-refractivity contribution >= 4 is 12.0 Å². The Morgan fingerprint density at radius 2 is 1.86 bits per heavy atom. The van der Waals surface area contributed by atoms with Gasteiger partial charge in [0.15, 0.2) is 0 Å². The zero-order valence-corrected chi connectivity index (χ0v) is 9.35. The summed E-state index contributed by atoms with van der Waals surface area (Å²) in [5.74, 6) is -0.277. The maximum atomic E-state index is 11.1. The molecule has 0 radical (unpaired) electrons. The van der Waals surface area contributed by atoms with Crippen LogP contribution in [0.15, 0.2) is 0 Å². The van der Waals surface area contributed by atoms with Crippen LogP contribution in [0.5, 0.6) is 0 Å². The summed E-state index contributed by atoms with van der Waals surface area (Å²) in [6.45, 7) is 7.25. The van der Waals surface area contributed by atoms with Gasteiger partial charge in [-0.15, -0.1) is 0 Å². The summed E-state index contributed by atoms with van der Waals surface area (Å²) in [4.78, 5) is 22.2. The highest BCUT2D eigenvalue weighted by Gasteiger charge is 2.17. The third-order valence-corrected chi connectivity index (χ3v) is 1.40. The molecule has 0 bridgehead atoms. The molecule has 0 aliphatic rings. The van der Waals surface area contributed by atoms with Crippen molar-refractivity contribution in [3.05, 3.63) is 0 Å². The fourth-order valence-electron chi connectivity index (χ4n) is 0.817. The number of amides is 2. The lowest BCUT2D eigenvalue weighted by Crippen LogP contribution is -2.36. The van der Waals surface area contributed by atoms with Crippen molar-refractivity contribution in [2.75, 3.05) is 0 Å². The SMILES string of the molecule is CCCCC(=O)NC(=O)OC(C)(C)C. The molecule has 0 saturated carbocycles. The first-order chi connectivity index (χ1) is 6.35. The van der Waals surface area contributed by atoms with Gasteiger partial charge in [0.05, 0.1) is 0 Å². The van der Waals surface area contributed by atoms with Gasteiger partial charge in [0, 0.05) is 6.42 Å². The van der Waals surface area contributed by atoms with Crippen LogP contribution in [0, 0.1) is 0 Å². The van der Waals surface area contributed by atoms with Crippen LogP contribution in [0.4, 0.5) is 4.79 Å². The monoisotopic (exact) mass is 201 g/mol. The number of nitrogens with one attached hydrogen (secondary N) is 1. The molecule has 0 aromatic rings. The van der Waals surface area contributed by atoms with Gasteiger partial charge >= 0.3 is 6.09 Å². The predicted molar refractivity (Wildman–Crippen MR) is 53.9 cm³/mol. The predicted octanol–water partition coefficient (Wildman–Crippen LogP) is 2.23. The Bertz CT molecular complexity index is 206. The first-order valence-electron chi connectivity index (χ1n) is 4.88. The van der Waals surface area contributed by atoms with Gasteiger partial charge in [0.2, 0.25) is 5.91 Å². The van der Waals surface area contributed by atoms with E-state index in [4.69, 9.17) is 4.74 Å². The maximum Gasteiger partial charge on any atom is 0.414 e. The lowest BCUT2D eigenvalue weighted by atomic mass is 10.2. The van der Waals surface area contributed by atoms with E-state index >= 15 is 0 Å². The standard InChI is InChI=1S/C10H19NO3/c1-5-6-7-8(12)11-9(13)14-10(2,3)4/h5-7H2,1-4H3,(H,11,12,13). The lowest BCUT2D eigenvalue weighted by Gasteiger charge is -2.19. The molecule has 0 aromatic carbocycles. The van der Waals surface area contributed by atoms with Gasteiger partial charge in [0.1, 0.15) is 5.60 Å². The van der Waals surface area contributed by atoms with Gasteiger partial charge < -0.3 is 4.74 Å². The highest BCUT2D eigenvalue weighted by atomic mass is 16.6. The van der Waals surface area contributed by atoms with Gasteiger partial charge in [-0.25, -0.2) is 4.79 Å². The normalized spacial score (nSPS) is 10.9. The van der Waals surface area contributed by atoms with Gasteiger partial charge in [-0.05, 0) is 27.2 Å². The van der Waals surface area contributed by atoms with Gasteiger partial charge in [-0.2, -0.15) is 0 Å². The molecule has 0 aliphatic carbocycles. The van der Waals surface area contributed by atoms with E-state index in [0.717, 1.165) is 12.8 Å². The van der Waals surface area contributed by atoms with Crippen molar-refractivity contribution in [1.29, 1.82) is 0 Å². The van der Waals surface area contributed by atoms with Crippen LogP contribution in [-0.4, -0.2) is 17.6 Å². The summed E-state index contributed by atoms with van der Waals surface area (Å²) in [5, 5.41) is 2.17. The van der Waals surface area contributed by atoms with Crippen LogP contribution in [0.1, 0.15) is 47.0 Å². The Hall–Kier alpha value is -1.06. The smallest absolute Gasteiger partial charge is 0.414 e. The third kappa shape index (κ3) is 7.58. The molecule has 0 saturated heterocycles. The molecular formula is C10H19NO3. The number of unbranched alkanes of at least 4 members (excludes halogenated alkanes) is 1. The van der Waals surface area contributed by atoms with Crippen molar-refractivity contribution in [2.24, 2.45) is 0 Å². The molecule has 82 valence electrons. The Morgan fingerprint density at radius 1 is 1.29 bits per heavy atom. The van der Waals surface area contributed by atoms with Gasteiger partial charge in [-0.1, -0.05) is 13.3 Å². The molecule has 0 atom stereocenters. The van der Waals surface area contributed by atoms with Crippen LogP contribution >= 0.6 is 0 Å². The second-order valence-electron chi connectivity index (χ2n) is 4.15. The number of hydrogen-bond donors (Lipinski definition) is 1.